The number of thiophene rings is 1. The van der Waals surface area contributed by atoms with E-state index < -0.39 is 16.0 Å². The van der Waals surface area contributed by atoms with Gasteiger partial charge in [0.15, 0.2) is 0 Å². The summed E-state index contributed by atoms with van der Waals surface area (Å²) < 4.78 is 31.7. The third-order valence-electron chi connectivity index (χ3n) is 4.07. The van der Waals surface area contributed by atoms with Gasteiger partial charge in [-0.2, -0.15) is 5.10 Å². The zero-order chi connectivity index (χ0) is 21.0. The molecule has 1 N–H and O–H groups in total. The number of halogens is 1. The number of carbonyl (C=O) groups is 1. The van der Waals surface area contributed by atoms with Crippen LogP contribution in [-0.2, 0) is 27.8 Å². The number of aryl methyl sites for hydroxylation is 1. The molecule has 2 aromatic heterocycles. The number of hydrogen-bond acceptors (Lipinski definition) is 6. The Morgan fingerprint density at radius 1 is 1.24 bits per heavy atom. The van der Waals surface area contributed by atoms with Crippen LogP contribution in [0, 0.1) is 6.92 Å². The van der Waals surface area contributed by atoms with E-state index in [1.165, 1.54) is 11.3 Å². The van der Waals surface area contributed by atoms with Crippen molar-refractivity contribution in [2.24, 2.45) is 0 Å². The summed E-state index contributed by atoms with van der Waals surface area (Å²) in [5.74, 6) is -0.458. The van der Waals surface area contributed by atoms with Gasteiger partial charge in [-0.05, 0) is 37.6 Å². The van der Waals surface area contributed by atoms with Crippen LogP contribution in [0.5, 0.6) is 0 Å². The molecule has 29 heavy (non-hydrogen) atoms. The van der Waals surface area contributed by atoms with Gasteiger partial charge in [-0.1, -0.05) is 29.8 Å². The number of ether oxygens (including phenoxy) is 1. The fourth-order valence-corrected chi connectivity index (χ4v) is 4.33. The number of para-hydroxylation sites is 1. The Kier molecular flexibility index (Phi) is 6.74. The molecule has 0 aliphatic carbocycles. The topological polar surface area (TPSA) is 90.3 Å². The van der Waals surface area contributed by atoms with E-state index in [2.05, 4.69) is 9.82 Å². The molecule has 1 aromatic carbocycles. The predicted molar refractivity (Wildman–Crippen MR) is 113 cm³/mol. The van der Waals surface area contributed by atoms with Crippen LogP contribution in [0.15, 0.2) is 42.5 Å². The first kappa shape index (κ1) is 21.5. The third kappa shape index (κ3) is 5.66. The molecule has 0 radical (unpaired) electrons. The molecule has 0 aliphatic rings. The molecule has 0 saturated carbocycles. The van der Waals surface area contributed by atoms with Crippen molar-refractivity contribution in [3.05, 3.63) is 68.6 Å². The molecule has 3 rings (SSSR count). The summed E-state index contributed by atoms with van der Waals surface area (Å²) in [6.45, 7) is 2.10. The zero-order valence-electron chi connectivity index (χ0n) is 15.9. The number of carbonyl (C=O) groups excluding carboxylic acids is 1. The molecule has 2 heterocycles. The lowest BCUT2D eigenvalue weighted by atomic mass is 10.3. The molecule has 0 fully saturated rings. The lowest BCUT2D eigenvalue weighted by Crippen LogP contribution is -2.23. The molecule has 0 atom stereocenters. The highest BCUT2D eigenvalue weighted by atomic mass is 35.5. The average Bonchev–Trinajstić information content (AvgIpc) is 3.25. The minimum atomic E-state index is -3.23. The zero-order valence-corrected chi connectivity index (χ0v) is 18.3. The van der Waals surface area contributed by atoms with E-state index in [0.717, 1.165) is 16.8 Å². The number of hydrogen-bond donors (Lipinski definition) is 1. The number of nitrogens with zero attached hydrogens (tertiary/aromatic N) is 2. The second-order valence-corrected chi connectivity index (χ2v) is 9.72. The number of nitrogens with one attached hydrogen (secondary N) is 1. The summed E-state index contributed by atoms with van der Waals surface area (Å²) in [6.07, 6.45) is 1.61. The average molecular weight is 454 g/mol. The summed E-state index contributed by atoms with van der Waals surface area (Å²) in [4.78, 5) is 13.7. The van der Waals surface area contributed by atoms with Crippen molar-refractivity contribution in [2.75, 3.05) is 12.8 Å². The van der Waals surface area contributed by atoms with E-state index in [1.807, 2.05) is 37.3 Å². The second kappa shape index (κ2) is 9.08. The van der Waals surface area contributed by atoms with E-state index in [1.54, 1.807) is 16.8 Å². The molecule has 154 valence electrons. The van der Waals surface area contributed by atoms with Gasteiger partial charge in [-0.15, -0.1) is 11.3 Å². The molecule has 0 bridgehead atoms. The van der Waals surface area contributed by atoms with Gasteiger partial charge in [0.05, 0.1) is 17.6 Å². The maximum Gasteiger partial charge on any atom is 0.348 e. The molecule has 7 nitrogen and oxygen atoms in total. The normalized spacial score (nSPS) is 11.6. The van der Waals surface area contributed by atoms with Crippen LogP contribution in [0.3, 0.4) is 0 Å². The molecule has 0 unspecified atom stereocenters. The van der Waals surface area contributed by atoms with Gasteiger partial charge in [0.1, 0.15) is 16.6 Å². The lowest BCUT2D eigenvalue weighted by molar-refractivity contribution is 0.0478. The highest BCUT2D eigenvalue weighted by Gasteiger charge is 2.18. The van der Waals surface area contributed by atoms with Crippen molar-refractivity contribution >= 4 is 38.9 Å². The standard InChI is InChI=1S/C19H20ClN3O4S2/c1-13-16(18(20)23(22-13)14-6-4-3-5-7-14)12-27-19(24)17-9-8-15(28-17)10-11-21-29(2,25)26/h3-9,21H,10-12H2,1-2H3. The minimum Gasteiger partial charge on any atom is -0.456 e. The van der Waals surface area contributed by atoms with E-state index in [9.17, 15) is 13.2 Å². The Morgan fingerprint density at radius 2 is 1.97 bits per heavy atom. The van der Waals surface area contributed by atoms with Crippen molar-refractivity contribution in [1.29, 1.82) is 0 Å². The highest BCUT2D eigenvalue weighted by Crippen LogP contribution is 2.25. The van der Waals surface area contributed by atoms with Gasteiger partial charge < -0.3 is 4.74 Å². The smallest absolute Gasteiger partial charge is 0.348 e. The van der Waals surface area contributed by atoms with E-state index in [-0.39, 0.29) is 13.2 Å². The summed E-state index contributed by atoms with van der Waals surface area (Å²) >= 11 is 7.72. The minimum absolute atomic E-state index is 0.0131. The Morgan fingerprint density at radius 3 is 2.66 bits per heavy atom. The van der Waals surface area contributed by atoms with E-state index in [0.29, 0.717) is 27.7 Å². The van der Waals surface area contributed by atoms with Crippen molar-refractivity contribution in [2.45, 2.75) is 20.0 Å². The summed E-state index contributed by atoms with van der Waals surface area (Å²) in [6, 6.07) is 12.9. The largest absolute Gasteiger partial charge is 0.456 e. The van der Waals surface area contributed by atoms with Gasteiger partial charge in [0.2, 0.25) is 10.0 Å². The van der Waals surface area contributed by atoms with E-state index >= 15 is 0 Å². The predicted octanol–water partition coefficient (Wildman–Crippen LogP) is 3.34. The van der Waals surface area contributed by atoms with Crippen LogP contribution in [-0.4, -0.2) is 37.0 Å². The van der Waals surface area contributed by atoms with Crippen molar-refractivity contribution < 1.29 is 17.9 Å². The number of esters is 1. The summed E-state index contributed by atoms with van der Waals surface area (Å²) in [7, 11) is -3.23. The summed E-state index contributed by atoms with van der Waals surface area (Å²) in [5.41, 5.74) is 2.16. The molecule has 0 aliphatic heterocycles. The van der Waals surface area contributed by atoms with Crippen molar-refractivity contribution in [3.63, 3.8) is 0 Å². The maximum absolute atomic E-state index is 12.4. The Balaban J connectivity index is 1.62. The van der Waals surface area contributed by atoms with Gasteiger partial charge in [-0.25, -0.2) is 22.6 Å². The molecule has 0 saturated heterocycles. The first-order chi connectivity index (χ1) is 13.7. The van der Waals surface area contributed by atoms with Crippen LogP contribution in [0.4, 0.5) is 0 Å². The first-order valence-corrected chi connectivity index (χ1v) is 11.8. The monoisotopic (exact) mass is 453 g/mol. The highest BCUT2D eigenvalue weighted by molar-refractivity contribution is 7.88. The van der Waals surface area contributed by atoms with Crippen LogP contribution < -0.4 is 4.72 Å². The van der Waals surface area contributed by atoms with Crippen LogP contribution in [0.2, 0.25) is 5.15 Å². The van der Waals surface area contributed by atoms with Crippen molar-refractivity contribution in [1.82, 2.24) is 14.5 Å². The van der Waals surface area contributed by atoms with Gasteiger partial charge in [-0.3, -0.25) is 0 Å². The Labute approximate surface area is 178 Å². The first-order valence-electron chi connectivity index (χ1n) is 8.74. The summed E-state index contributed by atoms with van der Waals surface area (Å²) in [5, 5.41) is 4.83. The molecule has 3 aromatic rings. The number of aromatic nitrogens is 2. The Bertz CT molecular complexity index is 1110. The molecule has 0 amide bonds. The van der Waals surface area contributed by atoms with Crippen molar-refractivity contribution in [3.8, 4) is 5.69 Å². The van der Waals surface area contributed by atoms with Crippen LogP contribution >= 0.6 is 22.9 Å². The SMILES string of the molecule is Cc1nn(-c2ccccc2)c(Cl)c1COC(=O)c1ccc(CCNS(C)(=O)=O)s1. The number of rotatable bonds is 8. The number of sulfonamides is 1. The lowest BCUT2D eigenvalue weighted by Gasteiger charge is -2.05. The molecule has 0 spiro atoms. The maximum atomic E-state index is 12.4. The van der Waals surface area contributed by atoms with Gasteiger partial charge in [0.25, 0.3) is 0 Å². The fourth-order valence-electron chi connectivity index (χ4n) is 2.63. The quantitative estimate of drug-likeness (QED) is 0.528. The fraction of sp³-hybridized carbons (Fsp3) is 0.263. The molecular formula is C19H20ClN3O4S2. The Hall–Kier alpha value is -2.20. The number of benzene rings is 1. The van der Waals surface area contributed by atoms with Gasteiger partial charge >= 0.3 is 5.97 Å². The molecular weight excluding hydrogens is 434 g/mol. The van der Waals surface area contributed by atoms with E-state index in [4.69, 9.17) is 16.3 Å². The second-order valence-electron chi connectivity index (χ2n) is 6.36. The third-order valence-corrected chi connectivity index (χ3v) is 6.31. The van der Waals surface area contributed by atoms with Crippen LogP contribution in [0.1, 0.15) is 25.8 Å². The van der Waals surface area contributed by atoms with Gasteiger partial charge in [0, 0.05) is 17.0 Å². The molecule has 10 heteroatoms. The van der Waals surface area contributed by atoms with Crippen LogP contribution in [0.25, 0.3) is 5.69 Å².